The van der Waals surface area contributed by atoms with Gasteiger partial charge in [-0.1, -0.05) is 18.2 Å². The summed E-state index contributed by atoms with van der Waals surface area (Å²) in [5.41, 5.74) is 3.16. The number of rotatable bonds is 5. The topological polar surface area (TPSA) is 103 Å². The van der Waals surface area contributed by atoms with Crippen molar-refractivity contribution in [3.63, 3.8) is 0 Å². The van der Waals surface area contributed by atoms with Crippen LogP contribution in [0.5, 0.6) is 5.75 Å². The first-order valence-electron chi connectivity index (χ1n) is 9.92. The van der Waals surface area contributed by atoms with Crippen LogP contribution in [-0.2, 0) is 28.0 Å². The number of nitrogens with zero attached hydrogens (tertiary/aromatic N) is 2. The van der Waals surface area contributed by atoms with Gasteiger partial charge in [-0.3, -0.25) is 19.7 Å². The third-order valence-electron chi connectivity index (χ3n) is 5.76. The number of hydrogen-bond donors (Lipinski definition) is 2. The van der Waals surface area contributed by atoms with Crippen LogP contribution < -0.4 is 10.1 Å². The lowest BCUT2D eigenvalue weighted by Gasteiger charge is -2.04. The van der Waals surface area contributed by atoms with Crippen LogP contribution in [-0.4, -0.2) is 39.1 Å². The molecule has 0 fully saturated rings. The molecular formula is C24H19N3O5. The zero-order valence-electron chi connectivity index (χ0n) is 17.4. The van der Waals surface area contributed by atoms with E-state index in [2.05, 4.69) is 5.32 Å². The molecule has 0 spiro atoms. The maximum atomic E-state index is 13.0. The van der Waals surface area contributed by atoms with Gasteiger partial charge < -0.3 is 19.0 Å². The number of aliphatic carboxylic acids is 1. The van der Waals surface area contributed by atoms with Crippen molar-refractivity contribution in [3.05, 3.63) is 66.0 Å². The Morgan fingerprint density at radius 2 is 1.66 bits per heavy atom. The van der Waals surface area contributed by atoms with Gasteiger partial charge in [0.25, 0.3) is 11.8 Å². The van der Waals surface area contributed by atoms with E-state index in [0.717, 1.165) is 10.9 Å². The van der Waals surface area contributed by atoms with Gasteiger partial charge >= 0.3 is 5.97 Å². The molecule has 3 heterocycles. The molecule has 160 valence electrons. The van der Waals surface area contributed by atoms with Gasteiger partial charge in [-0.15, -0.1) is 0 Å². The number of aryl methyl sites for hydroxylation is 1. The number of amides is 2. The maximum Gasteiger partial charge on any atom is 0.323 e. The van der Waals surface area contributed by atoms with Crippen molar-refractivity contribution in [2.45, 2.75) is 6.54 Å². The van der Waals surface area contributed by atoms with Crippen LogP contribution in [0.25, 0.3) is 33.0 Å². The van der Waals surface area contributed by atoms with Gasteiger partial charge in [0.05, 0.1) is 18.3 Å². The molecule has 0 aliphatic carbocycles. The number of carbonyl (C=O) groups excluding carboxylic acids is 2. The van der Waals surface area contributed by atoms with Crippen LogP contribution >= 0.6 is 0 Å². The van der Waals surface area contributed by atoms with E-state index in [1.807, 2.05) is 42.1 Å². The highest BCUT2D eigenvalue weighted by atomic mass is 16.5. The van der Waals surface area contributed by atoms with Crippen molar-refractivity contribution in [1.29, 1.82) is 0 Å². The number of imide groups is 1. The van der Waals surface area contributed by atoms with Crippen LogP contribution in [0.4, 0.5) is 0 Å². The molecule has 0 saturated heterocycles. The first kappa shape index (κ1) is 19.6. The van der Waals surface area contributed by atoms with Gasteiger partial charge in [-0.25, -0.2) is 0 Å². The predicted molar refractivity (Wildman–Crippen MR) is 119 cm³/mol. The normalized spacial score (nSPS) is 13.9. The number of para-hydroxylation sites is 1. The average molecular weight is 429 g/mol. The third kappa shape index (κ3) is 2.88. The number of carboxylic acid groups (broad SMARTS) is 1. The fourth-order valence-electron chi connectivity index (χ4n) is 4.39. The summed E-state index contributed by atoms with van der Waals surface area (Å²) in [5.74, 6) is -1.46. The molecule has 0 atom stereocenters. The van der Waals surface area contributed by atoms with E-state index in [4.69, 9.17) is 4.74 Å². The Hall–Kier alpha value is -4.33. The highest BCUT2D eigenvalue weighted by Gasteiger charge is 2.35. The molecule has 2 aromatic carbocycles. The lowest BCUT2D eigenvalue weighted by molar-refractivity contribution is -0.137. The number of carbonyl (C=O) groups is 3. The first-order chi connectivity index (χ1) is 15.4. The molecule has 1 aliphatic heterocycles. The SMILES string of the molecule is COc1ccc2c(c1)c(C1=C(c3cn(C)c4ccccc34)C(=O)NC1=O)cn2CC(=O)O. The van der Waals surface area contributed by atoms with Crippen molar-refractivity contribution in [2.24, 2.45) is 7.05 Å². The average Bonchev–Trinajstić information content (AvgIpc) is 3.38. The molecule has 2 aromatic heterocycles. The van der Waals surface area contributed by atoms with Crippen molar-refractivity contribution in [3.8, 4) is 5.75 Å². The second-order valence-corrected chi connectivity index (χ2v) is 7.65. The van der Waals surface area contributed by atoms with E-state index in [9.17, 15) is 19.5 Å². The minimum atomic E-state index is -1.01. The quantitative estimate of drug-likeness (QED) is 0.475. The minimum absolute atomic E-state index is 0.216. The summed E-state index contributed by atoms with van der Waals surface area (Å²) in [4.78, 5) is 37.4. The second kappa shape index (κ2) is 7.12. The standard InChI is InChI=1S/C24H19N3O5/c1-26-10-16(14-5-3-4-6-18(14)26)21-22(24(31)25-23(21)30)17-11-27(12-20(28)29)19-8-7-13(32-2)9-15(17)19/h3-11H,12H2,1-2H3,(H,28,29)(H,25,30,31). The summed E-state index contributed by atoms with van der Waals surface area (Å²) >= 11 is 0. The number of carboxylic acids is 1. The summed E-state index contributed by atoms with van der Waals surface area (Å²) < 4.78 is 8.79. The number of benzene rings is 2. The third-order valence-corrected chi connectivity index (χ3v) is 5.76. The molecule has 0 bridgehead atoms. The summed E-state index contributed by atoms with van der Waals surface area (Å²) in [5, 5.41) is 13.2. The van der Waals surface area contributed by atoms with Crippen LogP contribution in [0.2, 0.25) is 0 Å². The lowest BCUT2D eigenvalue weighted by atomic mass is 9.95. The molecule has 2 amide bonds. The number of aromatic nitrogens is 2. The highest BCUT2D eigenvalue weighted by Crippen LogP contribution is 2.39. The fourth-order valence-corrected chi connectivity index (χ4v) is 4.39. The summed E-state index contributed by atoms with van der Waals surface area (Å²) in [6, 6.07) is 12.8. The van der Waals surface area contributed by atoms with Crippen LogP contribution in [0.1, 0.15) is 11.1 Å². The van der Waals surface area contributed by atoms with Crippen molar-refractivity contribution >= 4 is 50.7 Å². The Balaban J connectivity index is 1.85. The second-order valence-electron chi connectivity index (χ2n) is 7.65. The highest BCUT2D eigenvalue weighted by molar-refractivity contribution is 6.50. The first-order valence-corrected chi connectivity index (χ1v) is 9.92. The number of nitrogens with one attached hydrogen (secondary N) is 1. The molecule has 4 aromatic rings. The van der Waals surface area contributed by atoms with E-state index >= 15 is 0 Å². The Kier molecular flexibility index (Phi) is 4.37. The molecule has 8 heteroatoms. The minimum Gasteiger partial charge on any atom is -0.497 e. The molecule has 0 unspecified atom stereocenters. The number of hydrogen-bond acceptors (Lipinski definition) is 4. The summed E-state index contributed by atoms with van der Waals surface area (Å²) in [7, 11) is 3.41. The summed E-state index contributed by atoms with van der Waals surface area (Å²) in [6.07, 6.45) is 3.44. The zero-order chi connectivity index (χ0) is 22.6. The molecule has 1 aliphatic rings. The van der Waals surface area contributed by atoms with E-state index in [1.54, 1.807) is 29.0 Å². The maximum absolute atomic E-state index is 13.0. The van der Waals surface area contributed by atoms with Gasteiger partial charge in [0.1, 0.15) is 12.3 Å². The van der Waals surface area contributed by atoms with Gasteiger partial charge in [-0.2, -0.15) is 0 Å². The lowest BCUT2D eigenvalue weighted by Crippen LogP contribution is -2.22. The van der Waals surface area contributed by atoms with E-state index in [0.29, 0.717) is 27.8 Å². The van der Waals surface area contributed by atoms with Crippen molar-refractivity contribution < 1.29 is 24.2 Å². The number of methoxy groups -OCH3 is 1. The van der Waals surface area contributed by atoms with Crippen LogP contribution in [0.15, 0.2) is 54.9 Å². The predicted octanol–water partition coefficient (Wildman–Crippen LogP) is 2.79. The van der Waals surface area contributed by atoms with E-state index in [-0.39, 0.29) is 17.7 Å². The molecule has 0 saturated carbocycles. The Morgan fingerprint density at radius 1 is 0.969 bits per heavy atom. The Bertz CT molecular complexity index is 1490. The van der Waals surface area contributed by atoms with Crippen molar-refractivity contribution in [2.75, 3.05) is 7.11 Å². The molecular weight excluding hydrogens is 410 g/mol. The zero-order valence-corrected chi connectivity index (χ0v) is 17.4. The number of ether oxygens (including phenoxy) is 1. The van der Waals surface area contributed by atoms with Crippen LogP contribution in [0.3, 0.4) is 0 Å². The van der Waals surface area contributed by atoms with E-state index < -0.39 is 17.8 Å². The number of fused-ring (bicyclic) bond motifs is 2. The van der Waals surface area contributed by atoms with Gasteiger partial charge in [-0.05, 0) is 24.3 Å². The smallest absolute Gasteiger partial charge is 0.323 e. The summed E-state index contributed by atoms with van der Waals surface area (Å²) in [6.45, 7) is -0.282. The molecule has 2 N–H and O–H groups in total. The van der Waals surface area contributed by atoms with Gasteiger partial charge in [0, 0.05) is 52.4 Å². The molecule has 32 heavy (non-hydrogen) atoms. The Morgan fingerprint density at radius 3 is 2.34 bits per heavy atom. The monoisotopic (exact) mass is 429 g/mol. The largest absolute Gasteiger partial charge is 0.497 e. The molecule has 5 rings (SSSR count). The fraction of sp³-hybridized carbons (Fsp3) is 0.125. The Labute approximate surface area is 182 Å². The van der Waals surface area contributed by atoms with Gasteiger partial charge in [0.2, 0.25) is 0 Å². The molecule has 0 radical (unpaired) electrons. The van der Waals surface area contributed by atoms with E-state index in [1.165, 1.54) is 7.11 Å². The van der Waals surface area contributed by atoms with Gasteiger partial charge in [0.15, 0.2) is 0 Å². The van der Waals surface area contributed by atoms with Crippen LogP contribution in [0, 0.1) is 0 Å². The molecule has 8 nitrogen and oxygen atoms in total. The van der Waals surface area contributed by atoms with Crippen molar-refractivity contribution in [1.82, 2.24) is 14.5 Å².